The molecule has 136 valence electrons. The van der Waals surface area contributed by atoms with E-state index in [1.54, 1.807) is 30.3 Å². The van der Waals surface area contributed by atoms with Gasteiger partial charge in [0.15, 0.2) is 9.84 Å². The predicted molar refractivity (Wildman–Crippen MR) is 95.2 cm³/mol. The van der Waals surface area contributed by atoms with Crippen molar-refractivity contribution in [2.45, 2.75) is 11.5 Å². The first-order valence-corrected chi connectivity index (χ1v) is 9.74. The standard InChI is InChI=1S/C17H15ClN2O5S/c1-23-14-9-11(7-8-15(14)26(2,21)22)10-24-17-19-16(20-25-17)12-5-3-4-6-13(12)18/h3-9H,10H2,1-2H3. The third kappa shape index (κ3) is 3.97. The number of aromatic nitrogens is 2. The first-order chi connectivity index (χ1) is 12.4. The number of hydrogen-bond donors (Lipinski definition) is 0. The number of ether oxygens (including phenoxy) is 2. The lowest BCUT2D eigenvalue weighted by atomic mass is 10.2. The summed E-state index contributed by atoms with van der Waals surface area (Å²) in [6.45, 7) is 0.102. The zero-order chi connectivity index (χ0) is 18.7. The molecule has 7 nitrogen and oxygen atoms in total. The van der Waals surface area contributed by atoms with Gasteiger partial charge >= 0.3 is 6.08 Å². The second kappa shape index (κ2) is 7.35. The van der Waals surface area contributed by atoms with E-state index in [0.29, 0.717) is 22.0 Å². The fourth-order valence-electron chi connectivity index (χ4n) is 2.27. The van der Waals surface area contributed by atoms with Gasteiger partial charge in [0.2, 0.25) is 5.82 Å². The van der Waals surface area contributed by atoms with Crippen LogP contribution in [0.25, 0.3) is 11.4 Å². The van der Waals surface area contributed by atoms with E-state index in [4.69, 9.17) is 25.6 Å². The van der Waals surface area contributed by atoms with Gasteiger partial charge in [-0.2, -0.15) is 4.98 Å². The van der Waals surface area contributed by atoms with Gasteiger partial charge in [-0.15, -0.1) is 0 Å². The van der Waals surface area contributed by atoms with E-state index >= 15 is 0 Å². The molecule has 0 N–H and O–H groups in total. The minimum atomic E-state index is -3.38. The molecule has 0 fully saturated rings. The van der Waals surface area contributed by atoms with Gasteiger partial charge < -0.3 is 9.47 Å². The molecule has 26 heavy (non-hydrogen) atoms. The highest BCUT2D eigenvalue weighted by Crippen LogP contribution is 2.28. The van der Waals surface area contributed by atoms with E-state index in [-0.39, 0.29) is 23.3 Å². The maximum atomic E-state index is 11.7. The number of rotatable bonds is 6. The predicted octanol–water partition coefficient (Wildman–Crippen LogP) is 3.38. The monoisotopic (exact) mass is 394 g/mol. The molecule has 0 spiro atoms. The molecule has 1 heterocycles. The average Bonchev–Trinajstić information content (AvgIpc) is 3.08. The van der Waals surface area contributed by atoms with Crippen LogP contribution in [0.2, 0.25) is 5.02 Å². The van der Waals surface area contributed by atoms with Crippen LogP contribution >= 0.6 is 11.6 Å². The lowest BCUT2D eigenvalue weighted by molar-refractivity contribution is 0.195. The fourth-order valence-corrected chi connectivity index (χ4v) is 3.32. The Morgan fingerprint density at radius 2 is 1.96 bits per heavy atom. The highest BCUT2D eigenvalue weighted by molar-refractivity contribution is 7.90. The summed E-state index contributed by atoms with van der Waals surface area (Å²) in [5.41, 5.74) is 1.32. The first-order valence-electron chi connectivity index (χ1n) is 7.47. The van der Waals surface area contributed by atoms with Gasteiger partial charge in [-0.05, 0) is 29.8 Å². The summed E-state index contributed by atoms with van der Waals surface area (Å²) in [6.07, 6.45) is 1.10. The van der Waals surface area contributed by atoms with Gasteiger partial charge in [-0.25, -0.2) is 8.42 Å². The fraction of sp³-hybridized carbons (Fsp3) is 0.176. The van der Waals surface area contributed by atoms with E-state index in [9.17, 15) is 8.42 Å². The van der Waals surface area contributed by atoms with Crippen LogP contribution < -0.4 is 9.47 Å². The number of nitrogens with zero attached hydrogens (tertiary/aromatic N) is 2. The molecule has 0 unspecified atom stereocenters. The number of benzene rings is 2. The number of methoxy groups -OCH3 is 1. The summed E-state index contributed by atoms with van der Waals surface area (Å²) >= 11 is 6.10. The number of hydrogen-bond acceptors (Lipinski definition) is 7. The zero-order valence-corrected chi connectivity index (χ0v) is 15.5. The molecule has 0 bridgehead atoms. The van der Waals surface area contributed by atoms with E-state index in [1.165, 1.54) is 13.2 Å². The quantitative estimate of drug-likeness (QED) is 0.632. The largest absolute Gasteiger partial charge is 0.495 e. The zero-order valence-electron chi connectivity index (χ0n) is 14.0. The van der Waals surface area contributed by atoms with Gasteiger partial charge in [0.05, 0.1) is 12.1 Å². The SMILES string of the molecule is COc1cc(COc2nc(-c3ccccc3Cl)no2)ccc1S(C)(=O)=O. The topological polar surface area (TPSA) is 91.5 Å². The first kappa shape index (κ1) is 18.2. The molecule has 9 heteroatoms. The Bertz CT molecular complexity index is 1030. The van der Waals surface area contributed by atoms with Crippen molar-refractivity contribution in [1.29, 1.82) is 0 Å². The molecule has 0 atom stereocenters. The summed E-state index contributed by atoms with van der Waals surface area (Å²) in [6, 6.07) is 11.8. The normalized spacial score (nSPS) is 11.3. The molecule has 0 saturated carbocycles. The van der Waals surface area contributed by atoms with Crippen LogP contribution in [0.15, 0.2) is 51.9 Å². The third-order valence-corrected chi connectivity index (χ3v) is 4.98. The minimum absolute atomic E-state index is 0.0222. The number of sulfone groups is 1. The van der Waals surface area contributed by atoms with Crippen molar-refractivity contribution in [3.8, 4) is 23.2 Å². The van der Waals surface area contributed by atoms with E-state index in [2.05, 4.69) is 10.1 Å². The molecule has 0 aliphatic rings. The van der Waals surface area contributed by atoms with Gasteiger partial charge in [-0.3, -0.25) is 4.52 Å². The molecule has 0 radical (unpaired) electrons. The van der Waals surface area contributed by atoms with Gasteiger partial charge in [0.1, 0.15) is 17.3 Å². The summed E-state index contributed by atoms with van der Waals surface area (Å²) in [5.74, 6) is 0.562. The maximum absolute atomic E-state index is 11.7. The molecular weight excluding hydrogens is 380 g/mol. The van der Waals surface area contributed by atoms with Crippen molar-refractivity contribution >= 4 is 21.4 Å². The van der Waals surface area contributed by atoms with Crippen molar-refractivity contribution in [2.75, 3.05) is 13.4 Å². The highest BCUT2D eigenvalue weighted by Gasteiger charge is 2.16. The van der Waals surface area contributed by atoms with Gasteiger partial charge in [0, 0.05) is 11.8 Å². The van der Waals surface area contributed by atoms with Crippen LogP contribution in [0.3, 0.4) is 0 Å². The molecule has 0 saturated heterocycles. The van der Waals surface area contributed by atoms with Crippen molar-refractivity contribution < 1.29 is 22.4 Å². The molecular formula is C17H15ClN2O5S. The van der Waals surface area contributed by atoms with Crippen LogP contribution in [0.5, 0.6) is 11.8 Å². The smallest absolute Gasteiger partial charge is 0.417 e. The Kier molecular flexibility index (Phi) is 5.15. The summed E-state index contributed by atoms with van der Waals surface area (Å²) < 4.78 is 39.1. The van der Waals surface area contributed by atoms with Crippen molar-refractivity contribution in [3.05, 3.63) is 53.1 Å². The van der Waals surface area contributed by atoms with Crippen LogP contribution in [0, 0.1) is 0 Å². The van der Waals surface area contributed by atoms with E-state index in [1.807, 2.05) is 6.07 Å². The van der Waals surface area contributed by atoms with Crippen molar-refractivity contribution in [1.82, 2.24) is 10.1 Å². The highest BCUT2D eigenvalue weighted by atomic mass is 35.5. The summed E-state index contributed by atoms with van der Waals surface area (Å²) in [7, 11) is -1.97. The lowest BCUT2D eigenvalue weighted by Gasteiger charge is -2.09. The minimum Gasteiger partial charge on any atom is -0.495 e. The Morgan fingerprint density at radius 1 is 1.19 bits per heavy atom. The molecule has 0 aliphatic carbocycles. The van der Waals surface area contributed by atoms with Gasteiger partial charge in [0.25, 0.3) is 0 Å². The summed E-state index contributed by atoms with van der Waals surface area (Å²) in [5, 5.41) is 4.34. The third-order valence-electron chi connectivity index (χ3n) is 3.51. The Morgan fingerprint density at radius 3 is 2.65 bits per heavy atom. The second-order valence-electron chi connectivity index (χ2n) is 5.41. The molecule has 2 aromatic carbocycles. The van der Waals surface area contributed by atoms with E-state index < -0.39 is 9.84 Å². The molecule has 0 amide bonds. The van der Waals surface area contributed by atoms with Crippen molar-refractivity contribution in [2.24, 2.45) is 0 Å². The Labute approximate surface area is 155 Å². The van der Waals surface area contributed by atoms with E-state index in [0.717, 1.165) is 6.26 Å². The average molecular weight is 395 g/mol. The lowest BCUT2D eigenvalue weighted by Crippen LogP contribution is -2.03. The van der Waals surface area contributed by atoms with Crippen LogP contribution in [0.4, 0.5) is 0 Å². The van der Waals surface area contributed by atoms with Crippen LogP contribution in [0.1, 0.15) is 5.56 Å². The van der Waals surface area contributed by atoms with Gasteiger partial charge in [-0.1, -0.05) is 35.0 Å². The molecule has 3 rings (SSSR count). The summed E-state index contributed by atoms with van der Waals surface area (Å²) in [4.78, 5) is 4.26. The molecule has 3 aromatic rings. The Hall–Kier alpha value is -2.58. The molecule has 1 aromatic heterocycles. The van der Waals surface area contributed by atoms with Crippen LogP contribution in [-0.2, 0) is 16.4 Å². The number of halogens is 1. The Balaban J connectivity index is 1.75. The maximum Gasteiger partial charge on any atom is 0.417 e. The van der Waals surface area contributed by atoms with Crippen molar-refractivity contribution in [3.63, 3.8) is 0 Å². The van der Waals surface area contributed by atoms with Crippen LogP contribution in [-0.4, -0.2) is 31.9 Å². The second-order valence-corrected chi connectivity index (χ2v) is 7.80. The molecule has 0 aliphatic heterocycles.